The van der Waals surface area contributed by atoms with Crippen molar-refractivity contribution in [3.63, 3.8) is 0 Å². The van der Waals surface area contributed by atoms with Crippen LogP contribution in [0.5, 0.6) is 11.5 Å². The Bertz CT molecular complexity index is 1160. The molecule has 0 aliphatic rings. The van der Waals surface area contributed by atoms with E-state index in [2.05, 4.69) is 5.32 Å². The molecule has 0 aliphatic heterocycles. The van der Waals surface area contributed by atoms with Gasteiger partial charge in [0, 0.05) is 18.2 Å². The molecule has 8 heteroatoms. The number of methoxy groups -OCH3 is 2. The molecule has 1 N–H and O–H groups in total. The Balaban J connectivity index is 1.81. The molecule has 168 valence electrons. The van der Waals surface area contributed by atoms with Crippen LogP contribution >= 0.6 is 0 Å². The third kappa shape index (κ3) is 5.45. The first-order chi connectivity index (χ1) is 15.3. The number of amides is 1. The van der Waals surface area contributed by atoms with Gasteiger partial charge < -0.3 is 14.8 Å². The molecule has 32 heavy (non-hydrogen) atoms. The minimum Gasteiger partial charge on any atom is -0.497 e. The third-order valence-corrected chi connectivity index (χ3v) is 7.14. The molecule has 3 aromatic rings. The third-order valence-electron chi connectivity index (χ3n) is 5.02. The minimum absolute atomic E-state index is 0.00523. The highest BCUT2D eigenvalue weighted by Crippen LogP contribution is 2.29. The predicted molar refractivity (Wildman–Crippen MR) is 119 cm³/mol. The van der Waals surface area contributed by atoms with Crippen LogP contribution in [0.3, 0.4) is 0 Å². The molecule has 0 aromatic heterocycles. The van der Waals surface area contributed by atoms with Crippen LogP contribution in [0.25, 0.3) is 0 Å². The molecule has 0 radical (unpaired) electrons. The molecule has 0 saturated heterocycles. The van der Waals surface area contributed by atoms with E-state index in [4.69, 9.17) is 9.47 Å². The molecule has 1 atom stereocenters. The molecule has 0 fully saturated rings. The monoisotopic (exact) mass is 457 g/mol. The van der Waals surface area contributed by atoms with E-state index in [0.29, 0.717) is 22.6 Å². The fourth-order valence-corrected chi connectivity index (χ4v) is 4.97. The van der Waals surface area contributed by atoms with Gasteiger partial charge >= 0.3 is 0 Å². The van der Waals surface area contributed by atoms with Crippen LogP contribution in [0.4, 0.5) is 4.39 Å². The van der Waals surface area contributed by atoms with E-state index >= 15 is 0 Å². The minimum atomic E-state index is -3.88. The largest absolute Gasteiger partial charge is 0.497 e. The predicted octanol–water partition coefficient (Wildman–Crippen LogP) is 3.72. The molecule has 0 saturated carbocycles. The molecular weight excluding hydrogens is 433 g/mol. The van der Waals surface area contributed by atoms with Gasteiger partial charge in [0.25, 0.3) is 0 Å². The molecule has 3 rings (SSSR count). The van der Waals surface area contributed by atoms with Gasteiger partial charge in [0.05, 0.1) is 25.5 Å². The molecule has 0 heterocycles. The Labute approximate surface area is 186 Å². The van der Waals surface area contributed by atoms with E-state index in [1.54, 1.807) is 48.5 Å². The van der Waals surface area contributed by atoms with Crippen molar-refractivity contribution in [3.8, 4) is 11.5 Å². The molecule has 0 spiro atoms. The molecule has 3 aromatic carbocycles. The molecule has 1 unspecified atom stereocenters. The molecule has 1 amide bonds. The van der Waals surface area contributed by atoms with E-state index < -0.39 is 20.9 Å². The van der Waals surface area contributed by atoms with Gasteiger partial charge in [-0.15, -0.1) is 0 Å². The van der Waals surface area contributed by atoms with Crippen LogP contribution in [-0.2, 0) is 21.1 Å². The lowest BCUT2D eigenvalue weighted by Crippen LogP contribution is -2.33. The van der Waals surface area contributed by atoms with E-state index in [1.165, 1.54) is 26.4 Å². The number of carbonyl (C=O) groups excluding carboxylic acids is 1. The van der Waals surface area contributed by atoms with Crippen LogP contribution in [0.2, 0.25) is 0 Å². The number of carbonyl (C=O) groups is 1. The maximum Gasteiger partial charge on any atom is 0.224 e. The summed E-state index contributed by atoms with van der Waals surface area (Å²) >= 11 is 0. The number of sulfone groups is 1. The van der Waals surface area contributed by atoms with Crippen molar-refractivity contribution < 1.29 is 27.1 Å². The normalized spacial score (nSPS) is 12.1. The highest BCUT2D eigenvalue weighted by atomic mass is 32.2. The van der Waals surface area contributed by atoms with Crippen LogP contribution < -0.4 is 14.8 Å². The fraction of sp³-hybridized carbons (Fsp3) is 0.208. The van der Waals surface area contributed by atoms with Gasteiger partial charge in [-0.05, 0) is 35.9 Å². The second-order valence-corrected chi connectivity index (χ2v) is 9.19. The Morgan fingerprint density at radius 2 is 1.66 bits per heavy atom. The zero-order chi connectivity index (χ0) is 23.1. The van der Waals surface area contributed by atoms with Crippen LogP contribution in [0, 0.1) is 5.82 Å². The van der Waals surface area contributed by atoms with E-state index in [-0.39, 0.29) is 23.8 Å². The maximum absolute atomic E-state index is 13.3. The quantitative estimate of drug-likeness (QED) is 0.496. The van der Waals surface area contributed by atoms with Gasteiger partial charge in [0.2, 0.25) is 5.91 Å². The molecule has 0 bridgehead atoms. The number of halogens is 1. The van der Waals surface area contributed by atoms with Gasteiger partial charge in [0.15, 0.2) is 9.84 Å². The van der Waals surface area contributed by atoms with Crippen molar-refractivity contribution in [1.29, 1.82) is 0 Å². The Kier molecular flexibility index (Phi) is 7.48. The van der Waals surface area contributed by atoms with Crippen LogP contribution in [0.15, 0.2) is 77.7 Å². The Hall–Kier alpha value is -3.39. The fourth-order valence-electron chi connectivity index (χ4n) is 3.30. The zero-order valence-corrected chi connectivity index (χ0v) is 18.6. The molecule has 6 nitrogen and oxygen atoms in total. The lowest BCUT2D eigenvalue weighted by molar-refractivity contribution is -0.120. The lowest BCUT2D eigenvalue weighted by atomic mass is 10.1. The first-order valence-corrected chi connectivity index (χ1v) is 11.4. The molecule has 0 aliphatic carbocycles. The summed E-state index contributed by atoms with van der Waals surface area (Å²) in [6, 6.07) is 18.4. The summed E-state index contributed by atoms with van der Waals surface area (Å²) in [6.45, 7) is -0.138. The first kappa shape index (κ1) is 23.3. The van der Waals surface area contributed by atoms with Gasteiger partial charge in [0.1, 0.15) is 22.6 Å². The summed E-state index contributed by atoms with van der Waals surface area (Å²) in [6.07, 6.45) is 0.00523. The van der Waals surface area contributed by atoms with Crippen molar-refractivity contribution in [2.75, 3.05) is 20.8 Å². The van der Waals surface area contributed by atoms with Crippen molar-refractivity contribution in [3.05, 3.63) is 89.7 Å². The van der Waals surface area contributed by atoms with Gasteiger partial charge in [-0.2, -0.15) is 0 Å². The topological polar surface area (TPSA) is 81.7 Å². The first-order valence-electron chi connectivity index (χ1n) is 9.87. The SMILES string of the molecule is COc1ccc(CC(=O)NCC(c2ccccc2)S(=O)(=O)c2ccc(F)cc2)c(OC)c1. The summed E-state index contributed by atoms with van der Waals surface area (Å²) < 4.78 is 50.3. The number of nitrogens with one attached hydrogen (secondary N) is 1. The van der Waals surface area contributed by atoms with Gasteiger partial charge in [-0.1, -0.05) is 36.4 Å². The number of benzene rings is 3. The van der Waals surface area contributed by atoms with E-state index in [1.807, 2.05) is 0 Å². The maximum atomic E-state index is 13.3. The standard InChI is InChI=1S/C24H24FNO5S/c1-30-20-11-8-18(22(15-20)31-2)14-24(27)26-16-23(17-6-4-3-5-7-17)32(28,29)21-12-9-19(25)10-13-21/h3-13,15,23H,14,16H2,1-2H3,(H,26,27). The zero-order valence-electron chi connectivity index (χ0n) is 17.7. The second kappa shape index (κ2) is 10.3. The smallest absolute Gasteiger partial charge is 0.224 e. The van der Waals surface area contributed by atoms with Crippen LogP contribution in [0.1, 0.15) is 16.4 Å². The summed E-state index contributed by atoms with van der Waals surface area (Å²) in [5.41, 5.74) is 1.17. The number of rotatable bonds is 9. The average Bonchev–Trinajstić information content (AvgIpc) is 2.80. The summed E-state index contributed by atoms with van der Waals surface area (Å²) in [5, 5.41) is 1.69. The van der Waals surface area contributed by atoms with Crippen molar-refractivity contribution >= 4 is 15.7 Å². The second-order valence-electron chi connectivity index (χ2n) is 7.06. The average molecular weight is 458 g/mol. The molecular formula is C24H24FNO5S. The lowest BCUT2D eigenvalue weighted by Gasteiger charge is -2.19. The highest BCUT2D eigenvalue weighted by molar-refractivity contribution is 7.91. The van der Waals surface area contributed by atoms with Crippen molar-refractivity contribution in [2.24, 2.45) is 0 Å². The summed E-state index contributed by atoms with van der Waals surface area (Å²) in [7, 11) is -0.853. The van der Waals surface area contributed by atoms with Crippen molar-refractivity contribution in [2.45, 2.75) is 16.6 Å². The van der Waals surface area contributed by atoms with E-state index in [9.17, 15) is 17.6 Å². The van der Waals surface area contributed by atoms with Crippen molar-refractivity contribution in [1.82, 2.24) is 5.32 Å². The highest BCUT2D eigenvalue weighted by Gasteiger charge is 2.29. The Morgan fingerprint density at radius 3 is 2.28 bits per heavy atom. The van der Waals surface area contributed by atoms with E-state index in [0.717, 1.165) is 12.1 Å². The van der Waals surface area contributed by atoms with Gasteiger partial charge in [-0.25, -0.2) is 12.8 Å². The van der Waals surface area contributed by atoms with Crippen LogP contribution in [-0.4, -0.2) is 35.1 Å². The Morgan fingerprint density at radius 1 is 0.969 bits per heavy atom. The summed E-state index contributed by atoms with van der Waals surface area (Å²) in [4.78, 5) is 12.6. The number of hydrogen-bond donors (Lipinski definition) is 1. The summed E-state index contributed by atoms with van der Waals surface area (Å²) in [5.74, 6) is 0.212. The number of ether oxygens (including phenoxy) is 2. The van der Waals surface area contributed by atoms with Gasteiger partial charge in [-0.3, -0.25) is 4.79 Å². The number of hydrogen-bond acceptors (Lipinski definition) is 5.